The zero-order valence-corrected chi connectivity index (χ0v) is 10.7. The van der Waals surface area contributed by atoms with Gasteiger partial charge in [-0.25, -0.2) is 4.79 Å². The Kier molecular flexibility index (Phi) is 3.67. The molecule has 1 aromatic carbocycles. The van der Waals surface area contributed by atoms with Crippen molar-refractivity contribution in [2.24, 2.45) is 0 Å². The maximum absolute atomic E-state index is 12.0. The van der Waals surface area contributed by atoms with Crippen molar-refractivity contribution in [3.63, 3.8) is 0 Å². The first-order chi connectivity index (χ1) is 8.61. The van der Waals surface area contributed by atoms with Gasteiger partial charge in [-0.3, -0.25) is 9.36 Å². The average Bonchev–Trinajstić information content (AvgIpc) is 2.35. The minimum Gasteiger partial charge on any atom is -0.301 e. The van der Waals surface area contributed by atoms with Gasteiger partial charge in [0.25, 0.3) is 5.56 Å². The highest BCUT2D eigenvalue weighted by molar-refractivity contribution is 6.30. The number of aryl methyl sites for hydroxylation is 1. The minimum absolute atomic E-state index is 0.235. The van der Waals surface area contributed by atoms with Gasteiger partial charge < -0.3 is 4.57 Å². The number of rotatable bonds is 3. The van der Waals surface area contributed by atoms with Gasteiger partial charge in [-0.05, 0) is 24.6 Å². The number of hydrogen-bond acceptors (Lipinski definition) is 2. The van der Waals surface area contributed by atoms with E-state index >= 15 is 0 Å². The topological polar surface area (TPSA) is 44.0 Å². The van der Waals surface area contributed by atoms with Crippen molar-refractivity contribution in [2.45, 2.75) is 20.0 Å². The summed E-state index contributed by atoms with van der Waals surface area (Å²) in [6, 6.07) is 8.53. The third kappa shape index (κ3) is 2.54. The molecule has 94 valence electrons. The molecule has 0 atom stereocenters. The highest BCUT2D eigenvalue weighted by atomic mass is 35.5. The molecular weight excluding hydrogens is 252 g/mol. The fourth-order valence-corrected chi connectivity index (χ4v) is 1.97. The summed E-state index contributed by atoms with van der Waals surface area (Å²) in [6.45, 7) is 2.63. The lowest BCUT2D eigenvalue weighted by Gasteiger charge is -2.08. The Morgan fingerprint density at radius 2 is 2.00 bits per heavy atom. The summed E-state index contributed by atoms with van der Waals surface area (Å²) in [4.78, 5) is 23.7. The molecule has 0 N–H and O–H groups in total. The van der Waals surface area contributed by atoms with Gasteiger partial charge in [0.15, 0.2) is 0 Å². The van der Waals surface area contributed by atoms with Crippen LogP contribution >= 0.6 is 11.6 Å². The Hall–Kier alpha value is -1.81. The van der Waals surface area contributed by atoms with Crippen LogP contribution in [-0.2, 0) is 13.1 Å². The third-order valence-electron chi connectivity index (χ3n) is 2.71. The standard InChI is InChI=1S/C13H13ClN2O2/c1-2-15-7-6-12(17)16(13(15)18)9-10-4-3-5-11(14)8-10/h3-8H,2,9H2,1H3. The zero-order chi connectivity index (χ0) is 13.1. The molecule has 0 fully saturated rings. The number of nitrogens with zero attached hydrogens (tertiary/aromatic N) is 2. The lowest BCUT2D eigenvalue weighted by atomic mass is 10.2. The SMILES string of the molecule is CCn1ccc(=O)n(Cc2cccc(Cl)c2)c1=O. The summed E-state index contributed by atoms with van der Waals surface area (Å²) in [5, 5.41) is 0.590. The first kappa shape index (κ1) is 12.6. The van der Waals surface area contributed by atoms with Crippen LogP contribution in [0.3, 0.4) is 0 Å². The van der Waals surface area contributed by atoms with Crippen LogP contribution < -0.4 is 11.2 Å². The second-order valence-corrected chi connectivity index (χ2v) is 4.38. The highest BCUT2D eigenvalue weighted by Gasteiger charge is 2.05. The normalized spacial score (nSPS) is 10.6. The molecule has 1 heterocycles. The molecule has 0 saturated heterocycles. The van der Waals surface area contributed by atoms with Crippen molar-refractivity contribution in [1.29, 1.82) is 0 Å². The zero-order valence-electron chi connectivity index (χ0n) is 9.97. The van der Waals surface area contributed by atoms with Crippen molar-refractivity contribution in [3.05, 3.63) is 68.0 Å². The molecule has 4 nitrogen and oxygen atoms in total. The first-order valence-electron chi connectivity index (χ1n) is 5.66. The predicted molar refractivity (Wildman–Crippen MR) is 71.2 cm³/mol. The summed E-state index contributed by atoms with van der Waals surface area (Å²) >= 11 is 5.88. The molecular formula is C13H13ClN2O2. The fourth-order valence-electron chi connectivity index (χ4n) is 1.76. The first-order valence-corrected chi connectivity index (χ1v) is 6.04. The summed E-state index contributed by atoms with van der Waals surface area (Å²) in [7, 11) is 0. The van der Waals surface area contributed by atoms with Gasteiger partial charge in [0, 0.05) is 23.8 Å². The monoisotopic (exact) mass is 264 g/mol. The molecule has 0 aliphatic carbocycles. The van der Waals surface area contributed by atoms with Crippen molar-refractivity contribution in [3.8, 4) is 0 Å². The van der Waals surface area contributed by atoms with Crippen LogP contribution in [-0.4, -0.2) is 9.13 Å². The maximum Gasteiger partial charge on any atom is 0.331 e. The van der Waals surface area contributed by atoms with E-state index in [0.29, 0.717) is 11.6 Å². The lowest BCUT2D eigenvalue weighted by molar-refractivity contribution is 0.600. The Balaban J connectivity index is 2.46. The quantitative estimate of drug-likeness (QED) is 0.847. The predicted octanol–water partition coefficient (Wildman–Crippen LogP) is 1.73. The van der Waals surface area contributed by atoms with E-state index < -0.39 is 0 Å². The van der Waals surface area contributed by atoms with Gasteiger partial charge in [-0.2, -0.15) is 0 Å². The third-order valence-corrected chi connectivity index (χ3v) is 2.95. The van der Waals surface area contributed by atoms with Crippen LogP contribution in [0, 0.1) is 0 Å². The largest absolute Gasteiger partial charge is 0.331 e. The number of aromatic nitrogens is 2. The number of halogens is 1. The van der Waals surface area contributed by atoms with Crippen LogP contribution in [0.5, 0.6) is 0 Å². The van der Waals surface area contributed by atoms with Crippen molar-refractivity contribution in [2.75, 3.05) is 0 Å². The van der Waals surface area contributed by atoms with Crippen molar-refractivity contribution < 1.29 is 0 Å². The van der Waals surface area contributed by atoms with E-state index in [9.17, 15) is 9.59 Å². The number of benzene rings is 1. The van der Waals surface area contributed by atoms with Gasteiger partial charge in [0.2, 0.25) is 0 Å². The van der Waals surface area contributed by atoms with Crippen LogP contribution in [0.2, 0.25) is 5.02 Å². The van der Waals surface area contributed by atoms with Gasteiger partial charge in [0.05, 0.1) is 6.54 Å². The van der Waals surface area contributed by atoms with Crippen LogP contribution in [0.1, 0.15) is 12.5 Å². The molecule has 18 heavy (non-hydrogen) atoms. The molecule has 0 saturated carbocycles. The average molecular weight is 265 g/mol. The van der Waals surface area contributed by atoms with E-state index in [2.05, 4.69) is 0 Å². The van der Waals surface area contributed by atoms with Crippen molar-refractivity contribution in [1.82, 2.24) is 9.13 Å². The summed E-state index contributed by atoms with van der Waals surface area (Å²) in [6.07, 6.45) is 1.51. The van der Waals surface area contributed by atoms with E-state index in [0.717, 1.165) is 5.56 Å². The molecule has 1 aromatic heterocycles. The molecule has 0 radical (unpaired) electrons. The van der Waals surface area contributed by atoms with Crippen molar-refractivity contribution >= 4 is 11.6 Å². The molecule has 0 bridgehead atoms. The molecule has 0 amide bonds. The lowest BCUT2D eigenvalue weighted by Crippen LogP contribution is -2.38. The summed E-state index contributed by atoms with van der Waals surface area (Å²) in [5.74, 6) is 0. The Labute approximate surface area is 109 Å². The van der Waals surface area contributed by atoms with Crippen LogP contribution in [0.4, 0.5) is 0 Å². The Morgan fingerprint density at radius 3 is 2.67 bits per heavy atom. The van der Waals surface area contributed by atoms with Gasteiger partial charge in [-0.1, -0.05) is 23.7 Å². The number of hydrogen-bond donors (Lipinski definition) is 0. The Bertz CT molecular complexity index is 673. The molecule has 0 unspecified atom stereocenters. The molecule has 0 spiro atoms. The minimum atomic E-state index is -0.301. The maximum atomic E-state index is 12.0. The van der Waals surface area contributed by atoms with E-state index in [1.54, 1.807) is 18.2 Å². The van der Waals surface area contributed by atoms with Crippen LogP contribution in [0.15, 0.2) is 46.1 Å². The van der Waals surface area contributed by atoms with Crippen LogP contribution in [0.25, 0.3) is 0 Å². The Morgan fingerprint density at radius 1 is 1.22 bits per heavy atom. The van der Waals surface area contributed by atoms with Gasteiger partial charge in [0.1, 0.15) is 0 Å². The summed E-state index contributed by atoms with van der Waals surface area (Å²) in [5.41, 5.74) is 0.227. The molecule has 2 aromatic rings. The van der Waals surface area contributed by atoms with Gasteiger partial charge >= 0.3 is 5.69 Å². The smallest absolute Gasteiger partial charge is 0.301 e. The highest BCUT2D eigenvalue weighted by Crippen LogP contribution is 2.10. The van der Waals surface area contributed by atoms with E-state index in [1.165, 1.54) is 21.4 Å². The summed E-state index contributed by atoms with van der Waals surface area (Å²) < 4.78 is 2.70. The van der Waals surface area contributed by atoms with E-state index in [4.69, 9.17) is 11.6 Å². The molecule has 5 heteroatoms. The second kappa shape index (κ2) is 5.23. The van der Waals surface area contributed by atoms with Gasteiger partial charge in [-0.15, -0.1) is 0 Å². The van der Waals surface area contributed by atoms with E-state index in [-0.39, 0.29) is 17.8 Å². The van der Waals surface area contributed by atoms with E-state index in [1.807, 2.05) is 13.0 Å². The fraction of sp³-hybridized carbons (Fsp3) is 0.231. The second-order valence-electron chi connectivity index (χ2n) is 3.94. The molecule has 2 rings (SSSR count). The molecule has 0 aliphatic rings. The molecule has 0 aliphatic heterocycles.